The van der Waals surface area contributed by atoms with Crippen LogP contribution >= 0.6 is 0 Å². The quantitative estimate of drug-likeness (QED) is 0.640. The Morgan fingerprint density at radius 1 is 1.15 bits per heavy atom. The molecule has 0 spiro atoms. The van der Waals surface area contributed by atoms with Gasteiger partial charge in [0.1, 0.15) is 0 Å². The summed E-state index contributed by atoms with van der Waals surface area (Å²) >= 11 is 0. The number of carbonyl (C=O) groups is 1. The predicted octanol–water partition coefficient (Wildman–Crippen LogP) is 1.83. The maximum Gasteiger partial charge on any atom is 0.211 e. The number of hydrogen-bond acceptors (Lipinski definition) is 1. The lowest BCUT2D eigenvalue weighted by Crippen LogP contribution is -2.39. The molecular weight excluding hydrogens is 162 g/mol. The van der Waals surface area contributed by atoms with E-state index >= 15 is 0 Å². The molecule has 4 bridgehead atoms. The van der Waals surface area contributed by atoms with Gasteiger partial charge in [0.15, 0.2) is 0 Å². The standard InChI is InChI=1S/C11H15NO/c13-6-12-11-9-2-7-1-8(4-9)5-10(11)3-7/h6-9H,1-5H2,(H,12,13). The zero-order valence-corrected chi connectivity index (χ0v) is 7.75. The van der Waals surface area contributed by atoms with Gasteiger partial charge in [0.2, 0.25) is 6.41 Å². The molecule has 0 aromatic heterocycles. The smallest absolute Gasteiger partial charge is 0.211 e. The Bertz CT molecular complexity index is 266. The monoisotopic (exact) mass is 177 g/mol. The first-order chi connectivity index (χ1) is 6.36. The molecule has 0 heterocycles. The van der Waals surface area contributed by atoms with Gasteiger partial charge in [0.05, 0.1) is 0 Å². The van der Waals surface area contributed by atoms with Gasteiger partial charge < -0.3 is 5.32 Å². The molecule has 13 heavy (non-hydrogen) atoms. The molecule has 1 amide bonds. The maximum absolute atomic E-state index is 10.5. The molecule has 0 aromatic carbocycles. The number of nitrogens with one attached hydrogen (secondary N) is 1. The molecule has 4 aliphatic rings. The summed E-state index contributed by atoms with van der Waals surface area (Å²) in [5, 5.41) is 2.93. The van der Waals surface area contributed by atoms with Gasteiger partial charge in [-0.2, -0.15) is 0 Å². The molecule has 2 saturated carbocycles. The average Bonchev–Trinajstić information content (AvgIpc) is 2.10. The van der Waals surface area contributed by atoms with Crippen LogP contribution in [0.25, 0.3) is 0 Å². The van der Waals surface area contributed by atoms with Crippen LogP contribution in [0.15, 0.2) is 11.3 Å². The lowest BCUT2D eigenvalue weighted by molar-refractivity contribution is -0.109. The molecule has 1 N–H and O–H groups in total. The summed E-state index contributed by atoms with van der Waals surface area (Å²) in [6.07, 6.45) is 7.50. The molecule has 0 saturated heterocycles. The van der Waals surface area contributed by atoms with Crippen molar-refractivity contribution >= 4 is 6.41 Å². The van der Waals surface area contributed by atoms with E-state index in [1.165, 1.54) is 37.8 Å². The summed E-state index contributed by atoms with van der Waals surface area (Å²) in [4.78, 5) is 10.5. The topological polar surface area (TPSA) is 29.1 Å². The molecule has 2 heteroatoms. The highest BCUT2D eigenvalue weighted by Crippen LogP contribution is 2.52. The number of amides is 1. The fourth-order valence-corrected chi connectivity index (χ4v) is 3.71. The molecule has 4 rings (SSSR count). The summed E-state index contributed by atoms with van der Waals surface area (Å²) in [6.45, 7) is 0. The fraction of sp³-hybridized carbons (Fsp3) is 0.727. The van der Waals surface area contributed by atoms with Crippen LogP contribution < -0.4 is 5.32 Å². The Morgan fingerprint density at radius 3 is 2.38 bits per heavy atom. The van der Waals surface area contributed by atoms with Gasteiger partial charge in [-0.05, 0) is 55.4 Å². The minimum atomic E-state index is 0.700. The van der Waals surface area contributed by atoms with Crippen molar-refractivity contribution in [2.45, 2.75) is 32.1 Å². The van der Waals surface area contributed by atoms with Crippen molar-refractivity contribution < 1.29 is 4.79 Å². The van der Waals surface area contributed by atoms with Gasteiger partial charge in [0, 0.05) is 5.70 Å². The SMILES string of the molecule is O=CNC1=C2CC3CC(C2)CC1C3. The lowest BCUT2D eigenvalue weighted by Gasteiger charge is -2.47. The molecule has 0 radical (unpaired) electrons. The van der Waals surface area contributed by atoms with Crippen LogP contribution in [0.4, 0.5) is 0 Å². The Morgan fingerprint density at radius 2 is 1.85 bits per heavy atom. The Kier molecular flexibility index (Phi) is 1.52. The van der Waals surface area contributed by atoms with Gasteiger partial charge in [-0.25, -0.2) is 0 Å². The van der Waals surface area contributed by atoms with Gasteiger partial charge in [-0.3, -0.25) is 4.79 Å². The van der Waals surface area contributed by atoms with Crippen molar-refractivity contribution in [3.05, 3.63) is 11.3 Å². The molecule has 2 atom stereocenters. The number of carbonyl (C=O) groups excluding carboxylic acids is 1. The highest BCUT2D eigenvalue weighted by atomic mass is 16.1. The van der Waals surface area contributed by atoms with Crippen LogP contribution in [-0.2, 0) is 4.79 Å². The van der Waals surface area contributed by atoms with E-state index in [1.54, 1.807) is 5.57 Å². The molecule has 0 aliphatic heterocycles. The van der Waals surface area contributed by atoms with Crippen LogP contribution in [0.3, 0.4) is 0 Å². The largest absolute Gasteiger partial charge is 0.332 e. The lowest BCUT2D eigenvalue weighted by atomic mass is 9.60. The summed E-state index contributed by atoms with van der Waals surface area (Å²) in [5.74, 6) is 2.60. The number of allylic oxidation sites excluding steroid dienone is 2. The number of rotatable bonds is 2. The second-order valence-electron chi connectivity index (χ2n) is 4.82. The zero-order chi connectivity index (χ0) is 8.84. The van der Waals surface area contributed by atoms with Crippen molar-refractivity contribution in [1.82, 2.24) is 5.32 Å². The average molecular weight is 177 g/mol. The predicted molar refractivity (Wildman–Crippen MR) is 49.8 cm³/mol. The first kappa shape index (κ1) is 7.60. The van der Waals surface area contributed by atoms with Gasteiger partial charge in [-0.15, -0.1) is 0 Å². The first-order valence-corrected chi connectivity index (χ1v) is 5.29. The van der Waals surface area contributed by atoms with E-state index in [4.69, 9.17) is 0 Å². The van der Waals surface area contributed by atoms with E-state index in [1.807, 2.05) is 0 Å². The van der Waals surface area contributed by atoms with Crippen molar-refractivity contribution in [3.8, 4) is 0 Å². The Hall–Kier alpha value is -0.790. The summed E-state index contributed by atoms with van der Waals surface area (Å²) in [7, 11) is 0. The van der Waals surface area contributed by atoms with E-state index in [-0.39, 0.29) is 0 Å². The molecule has 0 aromatic rings. The number of hydrogen-bond donors (Lipinski definition) is 1. The van der Waals surface area contributed by atoms with E-state index in [2.05, 4.69) is 5.32 Å². The minimum Gasteiger partial charge on any atom is -0.332 e. The van der Waals surface area contributed by atoms with Crippen molar-refractivity contribution in [3.63, 3.8) is 0 Å². The van der Waals surface area contributed by atoms with Crippen LogP contribution in [0.1, 0.15) is 32.1 Å². The van der Waals surface area contributed by atoms with Gasteiger partial charge >= 0.3 is 0 Å². The molecule has 2 unspecified atom stereocenters. The third-order valence-corrected chi connectivity index (χ3v) is 3.98. The normalized spacial score (nSPS) is 41.1. The van der Waals surface area contributed by atoms with E-state index in [0.717, 1.165) is 18.2 Å². The van der Waals surface area contributed by atoms with Crippen LogP contribution in [0.5, 0.6) is 0 Å². The Balaban J connectivity index is 1.96. The first-order valence-electron chi connectivity index (χ1n) is 5.29. The summed E-state index contributed by atoms with van der Waals surface area (Å²) in [6, 6.07) is 0. The third kappa shape index (κ3) is 1.04. The third-order valence-electron chi connectivity index (χ3n) is 3.98. The van der Waals surface area contributed by atoms with Crippen LogP contribution in [0, 0.1) is 17.8 Å². The van der Waals surface area contributed by atoms with Crippen molar-refractivity contribution in [1.29, 1.82) is 0 Å². The molecule has 2 nitrogen and oxygen atoms in total. The summed E-state index contributed by atoms with van der Waals surface area (Å²) < 4.78 is 0. The van der Waals surface area contributed by atoms with Gasteiger partial charge in [-0.1, -0.05) is 0 Å². The second kappa shape index (κ2) is 2.60. The molecule has 70 valence electrons. The minimum absolute atomic E-state index is 0.700. The van der Waals surface area contributed by atoms with Crippen LogP contribution in [-0.4, -0.2) is 6.41 Å². The van der Waals surface area contributed by atoms with E-state index < -0.39 is 0 Å². The van der Waals surface area contributed by atoms with Gasteiger partial charge in [0.25, 0.3) is 0 Å². The zero-order valence-electron chi connectivity index (χ0n) is 7.75. The summed E-state index contributed by atoms with van der Waals surface area (Å²) in [5.41, 5.74) is 2.86. The maximum atomic E-state index is 10.5. The van der Waals surface area contributed by atoms with E-state index in [9.17, 15) is 4.79 Å². The molecule has 2 fully saturated rings. The Labute approximate surface area is 78.4 Å². The fourth-order valence-electron chi connectivity index (χ4n) is 3.71. The van der Waals surface area contributed by atoms with Crippen molar-refractivity contribution in [2.75, 3.05) is 0 Å². The van der Waals surface area contributed by atoms with Crippen molar-refractivity contribution in [2.24, 2.45) is 17.8 Å². The second-order valence-corrected chi connectivity index (χ2v) is 4.82. The highest BCUT2D eigenvalue weighted by Gasteiger charge is 2.41. The van der Waals surface area contributed by atoms with Crippen LogP contribution in [0.2, 0.25) is 0 Å². The highest BCUT2D eigenvalue weighted by molar-refractivity contribution is 5.52. The molecule has 4 aliphatic carbocycles. The van der Waals surface area contributed by atoms with E-state index in [0.29, 0.717) is 5.92 Å². The molecular formula is C11H15NO.